The summed E-state index contributed by atoms with van der Waals surface area (Å²) in [5, 5.41) is 2.63. The maximum Gasteiger partial charge on any atom is 0.227 e. The van der Waals surface area contributed by atoms with Gasteiger partial charge in [-0.3, -0.25) is 4.79 Å². The van der Waals surface area contributed by atoms with Crippen molar-refractivity contribution in [2.24, 2.45) is 5.92 Å². The summed E-state index contributed by atoms with van der Waals surface area (Å²) in [6.45, 7) is 0. The summed E-state index contributed by atoms with van der Waals surface area (Å²) in [6.07, 6.45) is 6.57. The highest BCUT2D eigenvalue weighted by atomic mass is 32.2. The Labute approximate surface area is 125 Å². The molecule has 2 saturated carbocycles. The van der Waals surface area contributed by atoms with Crippen LogP contribution in [0.2, 0.25) is 0 Å². The molecule has 0 unspecified atom stereocenters. The molecule has 21 heavy (non-hydrogen) atoms. The lowest BCUT2D eigenvalue weighted by Gasteiger charge is -2.24. The lowest BCUT2D eigenvalue weighted by molar-refractivity contribution is -0.122. The van der Waals surface area contributed by atoms with E-state index in [-0.39, 0.29) is 17.1 Å². The van der Waals surface area contributed by atoms with Crippen molar-refractivity contribution in [3.63, 3.8) is 0 Å². The first-order valence-electron chi connectivity index (χ1n) is 7.72. The molecule has 0 aromatic heterocycles. The quantitative estimate of drug-likeness (QED) is 0.929. The van der Waals surface area contributed by atoms with E-state index in [1.165, 1.54) is 0 Å². The third-order valence-electron chi connectivity index (χ3n) is 4.67. The maximum atomic E-state index is 12.4. The Morgan fingerprint density at radius 3 is 2.10 bits per heavy atom. The molecule has 0 bridgehead atoms. The highest BCUT2D eigenvalue weighted by molar-refractivity contribution is 7.92. The molecule has 5 heteroatoms. The van der Waals surface area contributed by atoms with Gasteiger partial charge in [-0.05, 0) is 49.9 Å². The summed E-state index contributed by atoms with van der Waals surface area (Å²) in [7, 11) is -3.21. The number of anilines is 1. The first kappa shape index (κ1) is 14.6. The second kappa shape index (κ2) is 5.79. The van der Waals surface area contributed by atoms with Crippen LogP contribution in [0.5, 0.6) is 0 Å². The third-order valence-corrected chi connectivity index (χ3v) is 6.95. The average molecular weight is 307 g/mol. The summed E-state index contributed by atoms with van der Waals surface area (Å²) in [4.78, 5) is 12.2. The molecule has 0 aliphatic heterocycles. The molecule has 4 nitrogen and oxygen atoms in total. The normalized spacial score (nSPS) is 20.2. The molecular formula is C16H21NO3S. The van der Waals surface area contributed by atoms with Crippen LogP contribution in [0.4, 0.5) is 5.69 Å². The topological polar surface area (TPSA) is 63.2 Å². The summed E-state index contributed by atoms with van der Waals surface area (Å²) < 4.78 is 24.9. The van der Waals surface area contributed by atoms with E-state index in [1.54, 1.807) is 24.3 Å². The monoisotopic (exact) mass is 307 g/mol. The van der Waals surface area contributed by atoms with Crippen LogP contribution in [0.3, 0.4) is 0 Å². The van der Waals surface area contributed by atoms with Gasteiger partial charge in [0.05, 0.1) is 10.1 Å². The first-order valence-corrected chi connectivity index (χ1v) is 9.27. The minimum absolute atomic E-state index is 0.0488. The largest absolute Gasteiger partial charge is 0.326 e. The van der Waals surface area contributed by atoms with Gasteiger partial charge >= 0.3 is 0 Å². The Balaban J connectivity index is 1.70. The van der Waals surface area contributed by atoms with Crippen LogP contribution in [0, 0.1) is 5.92 Å². The zero-order chi connectivity index (χ0) is 14.9. The lowest BCUT2D eigenvalue weighted by Crippen LogP contribution is -2.28. The minimum atomic E-state index is -3.21. The standard InChI is InChI=1S/C16H21NO3S/c18-16(12-4-3-5-12)17-13-8-10-15(11-9-13)21(19,20)14-6-1-2-7-14/h8-12,14H,1-7H2,(H,17,18). The highest BCUT2D eigenvalue weighted by Crippen LogP contribution is 2.31. The lowest BCUT2D eigenvalue weighted by atomic mass is 9.85. The molecule has 0 saturated heterocycles. The summed E-state index contributed by atoms with van der Waals surface area (Å²) in [6, 6.07) is 6.62. The molecule has 0 radical (unpaired) electrons. The Hall–Kier alpha value is -1.36. The van der Waals surface area contributed by atoms with Crippen molar-refractivity contribution in [3.8, 4) is 0 Å². The van der Waals surface area contributed by atoms with Crippen molar-refractivity contribution in [2.75, 3.05) is 5.32 Å². The van der Waals surface area contributed by atoms with Crippen LogP contribution in [-0.4, -0.2) is 19.6 Å². The molecule has 1 amide bonds. The Kier molecular flexibility index (Phi) is 4.02. The average Bonchev–Trinajstić information content (AvgIpc) is 2.91. The first-order chi connectivity index (χ1) is 10.1. The predicted molar refractivity (Wildman–Crippen MR) is 81.9 cm³/mol. The van der Waals surface area contributed by atoms with Gasteiger partial charge in [0.1, 0.15) is 0 Å². The number of carbonyl (C=O) groups excluding carboxylic acids is 1. The SMILES string of the molecule is O=C(Nc1ccc(S(=O)(=O)C2CCCC2)cc1)C1CCC1. The Morgan fingerprint density at radius 1 is 0.952 bits per heavy atom. The van der Waals surface area contributed by atoms with Crippen molar-refractivity contribution in [1.29, 1.82) is 0 Å². The minimum Gasteiger partial charge on any atom is -0.326 e. The van der Waals surface area contributed by atoms with Gasteiger partial charge in [0.25, 0.3) is 0 Å². The summed E-state index contributed by atoms with van der Waals surface area (Å²) in [5.74, 6) is 0.180. The van der Waals surface area contributed by atoms with Gasteiger partial charge in [-0.15, -0.1) is 0 Å². The Morgan fingerprint density at radius 2 is 1.57 bits per heavy atom. The van der Waals surface area contributed by atoms with Gasteiger partial charge in [-0.1, -0.05) is 19.3 Å². The van der Waals surface area contributed by atoms with E-state index in [0.717, 1.165) is 44.9 Å². The van der Waals surface area contributed by atoms with Gasteiger partial charge in [0.2, 0.25) is 5.91 Å². The number of nitrogens with one attached hydrogen (secondary N) is 1. The smallest absolute Gasteiger partial charge is 0.227 e. The molecule has 0 atom stereocenters. The number of carbonyl (C=O) groups is 1. The van der Waals surface area contributed by atoms with Gasteiger partial charge in [-0.2, -0.15) is 0 Å². The molecule has 2 aliphatic carbocycles. The second-order valence-electron chi connectivity index (χ2n) is 6.09. The van der Waals surface area contributed by atoms with Crippen LogP contribution >= 0.6 is 0 Å². The molecule has 0 spiro atoms. The second-order valence-corrected chi connectivity index (χ2v) is 8.32. The van der Waals surface area contributed by atoms with Crippen molar-refractivity contribution >= 4 is 21.4 Å². The van der Waals surface area contributed by atoms with Crippen molar-refractivity contribution in [3.05, 3.63) is 24.3 Å². The molecule has 3 rings (SSSR count). The highest BCUT2D eigenvalue weighted by Gasteiger charge is 2.30. The molecule has 0 heterocycles. The fourth-order valence-corrected chi connectivity index (χ4v) is 4.89. The molecule has 114 valence electrons. The van der Waals surface area contributed by atoms with Gasteiger partial charge in [0, 0.05) is 11.6 Å². The van der Waals surface area contributed by atoms with E-state index in [9.17, 15) is 13.2 Å². The summed E-state index contributed by atoms with van der Waals surface area (Å²) in [5.41, 5.74) is 0.678. The van der Waals surface area contributed by atoms with E-state index in [0.29, 0.717) is 10.6 Å². The molecule has 1 aromatic rings. The number of sulfone groups is 1. The molecule has 1 aromatic carbocycles. The van der Waals surface area contributed by atoms with Crippen LogP contribution in [-0.2, 0) is 14.6 Å². The summed E-state index contributed by atoms with van der Waals surface area (Å²) >= 11 is 0. The molecule has 1 N–H and O–H groups in total. The van der Waals surface area contributed by atoms with Gasteiger partial charge in [0.15, 0.2) is 9.84 Å². The van der Waals surface area contributed by atoms with Crippen LogP contribution < -0.4 is 5.32 Å². The number of hydrogen-bond donors (Lipinski definition) is 1. The number of benzene rings is 1. The number of hydrogen-bond acceptors (Lipinski definition) is 3. The van der Waals surface area contributed by atoms with Crippen LogP contribution in [0.1, 0.15) is 44.9 Å². The maximum absolute atomic E-state index is 12.4. The van der Waals surface area contributed by atoms with Crippen molar-refractivity contribution < 1.29 is 13.2 Å². The number of rotatable bonds is 4. The molecular weight excluding hydrogens is 286 g/mol. The van der Waals surface area contributed by atoms with E-state index in [1.807, 2.05) is 0 Å². The molecule has 2 aliphatic rings. The van der Waals surface area contributed by atoms with Gasteiger partial charge in [-0.25, -0.2) is 8.42 Å². The Bertz CT molecular complexity index is 611. The zero-order valence-electron chi connectivity index (χ0n) is 12.0. The van der Waals surface area contributed by atoms with Crippen molar-refractivity contribution in [2.45, 2.75) is 55.1 Å². The fraction of sp³-hybridized carbons (Fsp3) is 0.562. The fourth-order valence-electron chi connectivity index (χ4n) is 3.03. The predicted octanol–water partition coefficient (Wildman–Crippen LogP) is 3.14. The van der Waals surface area contributed by atoms with Crippen LogP contribution in [0.25, 0.3) is 0 Å². The van der Waals surface area contributed by atoms with E-state index < -0.39 is 9.84 Å². The van der Waals surface area contributed by atoms with E-state index in [2.05, 4.69) is 5.32 Å². The van der Waals surface area contributed by atoms with Crippen LogP contribution in [0.15, 0.2) is 29.2 Å². The number of amides is 1. The molecule has 2 fully saturated rings. The van der Waals surface area contributed by atoms with Crippen molar-refractivity contribution in [1.82, 2.24) is 0 Å². The third kappa shape index (κ3) is 2.98. The van der Waals surface area contributed by atoms with Gasteiger partial charge < -0.3 is 5.32 Å². The zero-order valence-corrected chi connectivity index (χ0v) is 12.9. The van der Waals surface area contributed by atoms with E-state index in [4.69, 9.17) is 0 Å². The van der Waals surface area contributed by atoms with E-state index >= 15 is 0 Å².